The van der Waals surface area contributed by atoms with Crippen LogP contribution in [0, 0.1) is 0 Å². The van der Waals surface area contributed by atoms with Gasteiger partial charge in [-0.25, -0.2) is 4.79 Å². The van der Waals surface area contributed by atoms with Crippen LogP contribution in [-0.2, 0) is 5.54 Å². The van der Waals surface area contributed by atoms with Gasteiger partial charge in [0, 0.05) is 44.8 Å². The summed E-state index contributed by atoms with van der Waals surface area (Å²) in [4.78, 5) is 29.3. The summed E-state index contributed by atoms with van der Waals surface area (Å²) in [6.45, 7) is 8.08. The summed E-state index contributed by atoms with van der Waals surface area (Å²) in [6, 6.07) is 16.2. The van der Waals surface area contributed by atoms with Gasteiger partial charge in [-0.15, -0.1) is 0 Å². The van der Waals surface area contributed by atoms with E-state index in [1.807, 2.05) is 29.2 Å². The van der Waals surface area contributed by atoms with Crippen molar-refractivity contribution in [1.29, 1.82) is 0 Å². The highest BCUT2D eigenvalue weighted by Crippen LogP contribution is 2.27. The molecular weight excluding hydrogens is 388 g/mol. The van der Waals surface area contributed by atoms with Crippen molar-refractivity contribution >= 4 is 11.9 Å². The van der Waals surface area contributed by atoms with Gasteiger partial charge in [-0.3, -0.25) is 4.79 Å². The van der Waals surface area contributed by atoms with E-state index in [0.717, 1.165) is 55.7 Å². The SMILES string of the molecule is CNC(=O)c1ccc(-c2ccc(C(C)(C)NC(=O)N3CCN4CCC3CC4)cc2)cc1. The Morgan fingerprint density at radius 2 is 1.45 bits per heavy atom. The van der Waals surface area contributed by atoms with Gasteiger partial charge in [0.2, 0.25) is 0 Å². The van der Waals surface area contributed by atoms with Crippen molar-refractivity contribution in [2.45, 2.75) is 38.3 Å². The molecule has 6 heteroatoms. The lowest BCUT2D eigenvalue weighted by molar-refractivity contribution is 0.0963. The largest absolute Gasteiger partial charge is 0.355 e. The molecule has 0 unspecified atom stereocenters. The lowest BCUT2D eigenvalue weighted by Crippen LogP contribution is -2.52. The second-order valence-electron chi connectivity index (χ2n) is 9.06. The molecule has 31 heavy (non-hydrogen) atoms. The minimum atomic E-state index is -0.469. The third-order valence-corrected chi connectivity index (χ3v) is 6.65. The van der Waals surface area contributed by atoms with Crippen LogP contribution < -0.4 is 10.6 Å². The molecule has 2 aromatic rings. The van der Waals surface area contributed by atoms with Crippen LogP contribution in [0.2, 0.25) is 0 Å². The molecule has 0 atom stereocenters. The summed E-state index contributed by atoms with van der Waals surface area (Å²) in [7, 11) is 1.63. The third kappa shape index (κ3) is 4.59. The van der Waals surface area contributed by atoms with Gasteiger partial charge in [0.15, 0.2) is 0 Å². The minimum absolute atomic E-state index is 0.0348. The number of urea groups is 1. The van der Waals surface area contributed by atoms with Crippen LogP contribution in [0.1, 0.15) is 42.6 Å². The molecule has 5 rings (SSSR count). The Balaban J connectivity index is 1.45. The molecule has 3 aliphatic rings. The summed E-state index contributed by atoms with van der Waals surface area (Å²) >= 11 is 0. The fourth-order valence-corrected chi connectivity index (χ4v) is 4.60. The van der Waals surface area contributed by atoms with E-state index >= 15 is 0 Å². The van der Waals surface area contributed by atoms with E-state index in [1.165, 1.54) is 0 Å². The van der Waals surface area contributed by atoms with Gasteiger partial charge in [0.1, 0.15) is 0 Å². The maximum atomic E-state index is 13.1. The fraction of sp³-hybridized carbons (Fsp3) is 0.440. The van der Waals surface area contributed by atoms with E-state index in [9.17, 15) is 9.59 Å². The topological polar surface area (TPSA) is 64.7 Å². The van der Waals surface area contributed by atoms with Crippen molar-refractivity contribution in [3.8, 4) is 11.1 Å². The Kier molecular flexibility index (Phi) is 6.01. The van der Waals surface area contributed by atoms with Crippen molar-refractivity contribution in [2.75, 3.05) is 33.2 Å². The van der Waals surface area contributed by atoms with E-state index < -0.39 is 5.54 Å². The maximum absolute atomic E-state index is 13.1. The summed E-state index contributed by atoms with van der Waals surface area (Å²) in [6.07, 6.45) is 2.14. The standard InChI is InChI=1S/C25H32N4O2/c1-25(2,27-24(31)29-17-16-28-14-12-22(29)13-15-28)21-10-8-19(9-11-21)18-4-6-20(7-5-18)23(30)26-3/h4-11,22H,12-17H2,1-3H3,(H,26,30)(H,27,31). The molecule has 3 aliphatic heterocycles. The molecule has 0 radical (unpaired) electrons. The van der Waals surface area contributed by atoms with E-state index in [2.05, 4.69) is 53.6 Å². The predicted octanol–water partition coefficient (Wildman–Crippen LogP) is 3.44. The quantitative estimate of drug-likeness (QED) is 0.796. The molecule has 3 fully saturated rings. The molecule has 0 spiro atoms. The number of rotatable bonds is 4. The van der Waals surface area contributed by atoms with Crippen LogP contribution in [0.4, 0.5) is 4.79 Å². The van der Waals surface area contributed by atoms with Crippen LogP contribution in [0.3, 0.4) is 0 Å². The van der Waals surface area contributed by atoms with Gasteiger partial charge < -0.3 is 20.4 Å². The highest BCUT2D eigenvalue weighted by Gasteiger charge is 2.34. The second kappa shape index (κ2) is 8.71. The number of hydrogen-bond donors (Lipinski definition) is 2. The molecular formula is C25H32N4O2. The van der Waals surface area contributed by atoms with Crippen molar-refractivity contribution in [3.63, 3.8) is 0 Å². The minimum Gasteiger partial charge on any atom is -0.355 e. The van der Waals surface area contributed by atoms with Gasteiger partial charge in [0.25, 0.3) is 5.91 Å². The van der Waals surface area contributed by atoms with Crippen molar-refractivity contribution in [3.05, 3.63) is 59.7 Å². The van der Waals surface area contributed by atoms with Crippen molar-refractivity contribution < 1.29 is 9.59 Å². The second-order valence-corrected chi connectivity index (χ2v) is 9.06. The van der Waals surface area contributed by atoms with E-state index in [1.54, 1.807) is 7.05 Å². The monoisotopic (exact) mass is 420 g/mol. The zero-order chi connectivity index (χ0) is 22.0. The van der Waals surface area contributed by atoms with Gasteiger partial charge in [-0.1, -0.05) is 36.4 Å². The number of piperidine rings is 1. The smallest absolute Gasteiger partial charge is 0.318 e. The van der Waals surface area contributed by atoms with Gasteiger partial charge in [0.05, 0.1) is 5.54 Å². The predicted molar refractivity (Wildman–Crippen MR) is 123 cm³/mol. The van der Waals surface area contributed by atoms with Crippen LogP contribution in [0.15, 0.2) is 48.5 Å². The molecule has 2 N–H and O–H groups in total. The molecule has 3 amide bonds. The number of benzene rings is 2. The van der Waals surface area contributed by atoms with Crippen LogP contribution in [0.5, 0.6) is 0 Å². The van der Waals surface area contributed by atoms with Crippen LogP contribution in [0.25, 0.3) is 11.1 Å². The molecule has 0 aromatic heterocycles. The van der Waals surface area contributed by atoms with E-state index in [0.29, 0.717) is 11.6 Å². The number of hydrogen-bond acceptors (Lipinski definition) is 3. The molecule has 3 saturated heterocycles. The third-order valence-electron chi connectivity index (χ3n) is 6.65. The van der Waals surface area contributed by atoms with Crippen molar-refractivity contribution in [2.24, 2.45) is 0 Å². The first-order valence-corrected chi connectivity index (χ1v) is 11.1. The highest BCUT2D eigenvalue weighted by molar-refractivity contribution is 5.94. The molecule has 2 bridgehead atoms. The van der Waals surface area contributed by atoms with Gasteiger partial charge >= 0.3 is 6.03 Å². The van der Waals surface area contributed by atoms with Gasteiger partial charge in [-0.2, -0.15) is 0 Å². The Bertz CT molecular complexity index is 929. The zero-order valence-corrected chi connectivity index (χ0v) is 18.6. The Hall–Kier alpha value is -2.86. The number of carbonyl (C=O) groups excluding carboxylic acids is 2. The first kappa shape index (κ1) is 21.4. The number of amides is 3. The lowest BCUT2D eigenvalue weighted by Gasteiger charge is -2.35. The molecule has 164 valence electrons. The summed E-state index contributed by atoms with van der Waals surface area (Å²) in [5.74, 6) is -0.0888. The summed E-state index contributed by atoms with van der Waals surface area (Å²) in [5.41, 5.74) is 3.37. The Labute approximate surface area is 184 Å². The maximum Gasteiger partial charge on any atom is 0.318 e. The summed E-state index contributed by atoms with van der Waals surface area (Å²) in [5, 5.41) is 5.90. The first-order valence-electron chi connectivity index (χ1n) is 11.1. The lowest BCUT2D eigenvalue weighted by atomic mass is 9.92. The number of carbonyl (C=O) groups is 2. The highest BCUT2D eigenvalue weighted by atomic mass is 16.2. The number of fused-ring (bicyclic) bond motifs is 4. The Morgan fingerprint density at radius 1 is 0.871 bits per heavy atom. The number of nitrogens with one attached hydrogen (secondary N) is 2. The van der Waals surface area contributed by atoms with E-state index in [-0.39, 0.29) is 11.9 Å². The average Bonchev–Trinajstić information content (AvgIpc) is 3.12. The van der Waals surface area contributed by atoms with Crippen LogP contribution >= 0.6 is 0 Å². The zero-order valence-electron chi connectivity index (χ0n) is 18.6. The molecule has 3 heterocycles. The molecule has 0 saturated carbocycles. The number of nitrogens with zero attached hydrogens (tertiary/aromatic N) is 2. The molecule has 2 aromatic carbocycles. The van der Waals surface area contributed by atoms with Gasteiger partial charge in [-0.05, 0) is 55.5 Å². The van der Waals surface area contributed by atoms with E-state index in [4.69, 9.17) is 0 Å². The molecule has 0 aliphatic carbocycles. The molecule has 6 nitrogen and oxygen atoms in total. The van der Waals surface area contributed by atoms with Crippen LogP contribution in [-0.4, -0.2) is 61.0 Å². The Morgan fingerprint density at radius 3 is 2.03 bits per heavy atom. The average molecular weight is 421 g/mol. The fourth-order valence-electron chi connectivity index (χ4n) is 4.60. The normalized spacial score (nSPS) is 20.8. The first-order chi connectivity index (χ1) is 14.9. The van der Waals surface area contributed by atoms with Crippen molar-refractivity contribution in [1.82, 2.24) is 20.4 Å². The summed E-state index contributed by atoms with van der Waals surface area (Å²) < 4.78 is 0.